The van der Waals surface area contributed by atoms with Gasteiger partial charge in [0.25, 0.3) is 0 Å². The molecular formula is C56H34N4O. The molecule has 0 aliphatic rings. The summed E-state index contributed by atoms with van der Waals surface area (Å²) in [4.78, 5) is 10.6. The molecule has 61 heavy (non-hydrogen) atoms. The molecule has 13 rings (SSSR count). The van der Waals surface area contributed by atoms with E-state index in [4.69, 9.17) is 14.4 Å². The van der Waals surface area contributed by atoms with Crippen LogP contribution in [0.25, 0.3) is 122 Å². The Balaban J connectivity index is 1.20. The first-order valence-electron chi connectivity index (χ1n) is 20.7. The predicted octanol–water partition coefficient (Wildman–Crippen LogP) is 14.7. The second kappa shape index (κ2) is 13.1. The Morgan fingerprint density at radius 1 is 0.361 bits per heavy atom. The van der Waals surface area contributed by atoms with Crippen molar-refractivity contribution in [2.45, 2.75) is 0 Å². The van der Waals surface area contributed by atoms with Gasteiger partial charge in [0.05, 0.1) is 55.3 Å². The van der Waals surface area contributed by atoms with Crippen molar-refractivity contribution in [3.8, 4) is 45.0 Å². The molecule has 5 heteroatoms. The first kappa shape index (κ1) is 33.7. The molecule has 0 saturated carbocycles. The standard InChI is InChI=1S/C56H34N4O/c1-4-18-35(19-5-1)43-34-38(32-33-39(43)53-52(36-20-6-2-7-21-36)57-44-27-13-14-28-45(44)58-53)60-47-30-16-11-25-41(47)50-54(60)49-40-24-10-15-29-46(40)59(37-22-8-3-9-23-37)55(49)51-42-26-12-17-31-48(42)61-56(50)51/h1-34H. The van der Waals surface area contributed by atoms with E-state index < -0.39 is 0 Å². The van der Waals surface area contributed by atoms with Crippen molar-refractivity contribution in [3.63, 3.8) is 0 Å². The van der Waals surface area contributed by atoms with E-state index in [1.54, 1.807) is 0 Å². The molecule has 4 aromatic heterocycles. The Hall–Kier alpha value is -8.28. The van der Waals surface area contributed by atoms with Gasteiger partial charge in [-0.15, -0.1) is 0 Å². The highest BCUT2D eigenvalue weighted by Crippen LogP contribution is 2.50. The van der Waals surface area contributed by atoms with E-state index in [9.17, 15) is 0 Å². The van der Waals surface area contributed by atoms with Crippen LogP contribution in [-0.2, 0) is 0 Å². The van der Waals surface area contributed by atoms with Crippen molar-refractivity contribution in [2.75, 3.05) is 0 Å². The first-order valence-corrected chi connectivity index (χ1v) is 20.7. The molecule has 13 aromatic rings. The number of para-hydroxylation sites is 6. The molecule has 0 amide bonds. The lowest BCUT2D eigenvalue weighted by molar-refractivity contribution is 0.673. The van der Waals surface area contributed by atoms with Crippen LogP contribution in [0.4, 0.5) is 0 Å². The largest absolute Gasteiger partial charge is 0.455 e. The predicted molar refractivity (Wildman–Crippen MR) is 252 cm³/mol. The highest BCUT2D eigenvalue weighted by molar-refractivity contribution is 6.39. The summed E-state index contributed by atoms with van der Waals surface area (Å²) < 4.78 is 11.9. The molecule has 4 heterocycles. The molecule has 0 unspecified atom stereocenters. The first-order chi connectivity index (χ1) is 30.3. The fraction of sp³-hybridized carbons (Fsp3) is 0. The van der Waals surface area contributed by atoms with Crippen LogP contribution in [0.5, 0.6) is 0 Å². The zero-order valence-electron chi connectivity index (χ0n) is 32.8. The third-order valence-electron chi connectivity index (χ3n) is 12.3. The van der Waals surface area contributed by atoms with Gasteiger partial charge < -0.3 is 13.6 Å². The molecule has 284 valence electrons. The number of fused-ring (bicyclic) bond motifs is 13. The van der Waals surface area contributed by atoms with Gasteiger partial charge in [-0.1, -0.05) is 152 Å². The number of rotatable bonds is 5. The minimum atomic E-state index is 0.842. The van der Waals surface area contributed by atoms with E-state index in [2.05, 4.69) is 185 Å². The lowest BCUT2D eigenvalue weighted by Gasteiger charge is -2.17. The van der Waals surface area contributed by atoms with Crippen LogP contribution in [0, 0.1) is 0 Å². The summed E-state index contributed by atoms with van der Waals surface area (Å²) in [5, 5.41) is 6.81. The molecule has 5 nitrogen and oxygen atoms in total. The maximum Gasteiger partial charge on any atom is 0.147 e. The Morgan fingerprint density at radius 2 is 0.869 bits per heavy atom. The fourth-order valence-corrected chi connectivity index (χ4v) is 9.71. The van der Waals surface area contributed by atoms with Gasteiger partial charge in [0.1, 0.15) is 11.2 Å². The van der Waals surface area contributed by atoms with Crippen LogP contribution in [0.1, 0.15) is 0 Å². The zero-order chi connectivity index (χ0) is 40.0. The highest BCUT2D eigenvalue weighted by Gasteiger charge is 2.28. The van der Waals surface area contributed by atoms with Gasteiger partial charge in [-0.2, -0.15) is 0 Å². The van der Waals surface area contributed by atoms with E-state index in [0.29, 0.717) is 0 Å². The Morgan fingerprint density at radius 3 is 1.56 bits per heavy atom. The summed E-state index contributed by atoms with van der Waals surface area (Å²) in [6.45, 7) is 0. The van der Waals surface area contributed by atoms with Crippen LogP contribution >= 0.6 is 0 Å². The van der Waals surface area contributed by atoms with Crippen molar-refractivity contribution in [2.24, 2.45) is 0 Å². The van der Waals surface area contributed by atoms with Crippen LogP contribution in [0.2, 0.25) is 0 Å². The summed E-state index contributed by atoms with van der Waals surface area (Å²) in [5.74, 6) is 0. The number of aromatic nitrogens is 4. The van der Waals surface area contributed by atoms with Crippen molar-refractivity contribution >= 4 is 76.6 Å². The lowest BCUT2D eigenvalue weighted by atomic mass is 9.94. The lowest BCUT2D eigenvalue weighted by Crippen LogP contribution is -2.00. The van der Waals surface area contributed by atoms with Gasteiger partial charge in [0.2, 0.25) is 0 Å². The number of hydrogen-bond donors (Lipinski definition) is 0. The molecular weight excluding hydrogens is 745 g/mol. The quantitative estimate of drug-likeness (QED) is 0.175. The molecule has 0 radical (unpaired) electrons. The van der Waals surface area contributed by atoms with E-state index in [-0.39, 0.29) is 0 Å². The van der Waals surface area contributed by atoms with Crippen molar-refractivity contribution < 1.29 is 4.42 Å². The van der Waals surface area contributed by atoms with Gasteiger partial charge in [-0.3, -0.25) is 0 Å². The van der Waals surface area contributed by atoms with E-state index in [0.717, 1.165) is 111 Å². The van der Waals surface area contributed by atoms with E-state index in [1.807, 2.05) is 30.3 Å². The second-order valence-corrected chi connectivity index (χ2v) is 15.7. The maximum atomic E-state index is 7.04. The second-order valence-electron chi connectivity index (χ2n) is 15.7. The molecule has 0 fully saturated rings. The van der Waals surface area contributed by atoms with Gasteiger partial charge in [-0.05, 0) is 65.7 Å². The van der Waals surface area contributed by atoms with Crippen LogP contribution in [0.3, 0.4) is 0 Å². The molecule has 0 aliphatic carbocycles. The number of furan rings is 1. The van der Waals surface area contributed by atoms with Gasteiger partial charge in [0.15, 0.2) is 0 Å². The molecule has 0 N–H and O–H groups in total. The Bertz CT molecular complexity index is 3860. The van der Waals surface area contributed by atoms with Crippen molar-refractivity contribution in [1.82, 2.24) is 19.1 Å². The average Bonchev–Trinajstić information content (AvgIpc) is 4.00. The van der Waals surface area contributed by atoms with Crippen molar-refractivity contribution in [3.05, 3.63) is 206 Å². The van der Waals surface area contributed by atoms with Crippen LogP contribution in [0.15, 0.2) is 211 Å². The maximum absolute atomic E-state index is 7.04. The zero-order valence-corrected chi connectivity index (χ0v) is 32.8. The molecule has 0 bridgehead atoms. The fourth-order valence-electron chi connectivity index (χ4n) is 9.71. The molecule has 0 aliphatic heterocycles. The molecule has 9 aromatic carbocycles. The summed E-state index contributed by atoms with van der Waals surface area (Å²) in [5.41, 5.74) is 16.0. The van der Waals surface area contributed by atoms with Gasteiger partial charge >= 0.3 is 0 Å². The van der Waals surface area contributed by atoms with Crippen LogP contribution < -0.4 is 0 Å². The third-order valence-corrected chi connectivity index (χ3v) is 12.3. The molecule has 0 spiro atoms. The summed E-state index contributed by atoms with van der Waals surface area (Å²) in [6, 6.07) is 72.8. The van der Waals surface area contributed by atoms with E-state index >= 15 is 0 Å². The summed E-state index contributed by atoms with van der Waals surface area (Å²) in [7, 11) is 0. The number of hydrogen-bond acceptors (Lipinski definition) is 3. The minimum absolute atomic E-state index is 0.842. The van der Waals surface area contributed by atoms with Gasteiger partial charge in [-0.25, -0.2) is 9.97 Å². The third kappa shape index (κ3) is 4.95. The summed E-state index contributed by atoms with van der Waals surface area (Å²) in [6.07, 6.45) is 0. The normalized spacial score (nSPS) is 11.9. The highest BCUT2D eigenvalue weighted by atomic mass is 16.3. The van der Waals surface area contributed by atoms with E-state index in [1.165, 1.54) is 10.8 Å². The Kier molecular flexibility index (Phi) is 7.24. The smallest absolute Gasteiger partial charge is 0.147 e. The summed E-state index contributed by atoms with van der Waals surface area (Å²) >= 11 is 0. The topological polar surface area (TPSA) is 48.8 Å². The average molecular weight is 779 g/mol. The molecule has 0 saturated heterocycles. The number of benzene rings is 9. The Labute approximate surface area is 350 Å². The molecule has 0 atom stereocenters. The monoisotopic (exact) mass is 778 g/mol. The SMILES string of the molecule is c1ccc(-c2cc(-n3c4ccccc4c4c5oc6ccccc6c5c5c(c6ccccc6n5-c5ccccc5)c43)ccc2-c2nc3ccccc3nc2-c2ccccc2)cc1. The van der Waals surface area contributed by atoms with Crippen molar-refractivity contribution in [1.29, 1.82) is 0 Å². The number of nitrogens with zero attached hydrogens (tertiary/aromatic N) is 4. The van der Waals surface area contributed by atoms with Gasteiger partial charge in [0, 0.05) is 44.0 Å². The van der Waals surface area contributed by atoms with Crippen LogP contribution in [-0.4, -0.2) is 19.1 Å². The minimum Gasteiger partial charge on any atom is -0.455 e.